The second kappa shape index (κ2) is 12.1. The molecule has 0 spiro atoms. The van der Waals surface area contributed by atoms with Crippen LogP contribution < -0.4 is 23.5 Å². The Morgan fingerprint density at radius 2 is 1.74 bits per heavy atom. The molecule has 1 atom stereocenters. The Kier molecular flexibility index (Phi) is 11.1. The molecule has 0 radical (unpaired) electrons. The van der Waals surface area contributed by atoms with Gasteiger partial charge in [-0.2, -0.15) is 0 Å². The van der Waals surface area contributed by atoms with Crippen molar-refractivity contribution in [2.45, 2.75) is 25.5 Å². The van der Waals surface area contributed by atoms with Crippen LogP contribution in [0.1, 0.15) is 18.4 Å². The van der Waals surface area contributed by atoms with Crippen molar-refractivity contribution in [2.75, 3.05) is 34.3 Å². The van der Waals surface area contributed by atoms with Gasteiger partial charge in [0.1, 0.15) is 25.8 Å². The summed E-state index contributed by atoms with van der Waals surface area (Å²) in [6.45, 7) is 0.897. The van der Waals surface area contributed by atoms with Crippen LogP contribution in [0.4, 0.5) is 4.79 Å². The van der Waals surface area contributed by atoms with Crippen molar-refractivity contribution in [3.05, 3.63) is 35.9 Å². The Morgan fingerprint density at radius 1 is 1.11 bits per heavy atom. The summed E-state index contributed by atoms with van der Waals surface area (Å²) < 4.78 is 10.9. The van der Waals surface area contributed by atoms with Crippen molar-refractivity contribution in [3.63, 3.8) is 0 Å². The van der Waals surface area contributed by atoms with E-state index in [0.29, 0.717) is 11.0 Å². The molecule has 1 rings (SSSR count). The minimum Gasteiger partial charge on any atom is -1.00 e. The Morgan fingerprint density at radius 3 is 2.30 bits per heavy atom. The lowest BCUT2D eigenvalue weighted by atomic mass is 10.1. The number of likely N-dealkylation sites (N-methyl/N-ethyl adjacent to an activating group) is 1. The van der Waals surface area contributed by atoms with Gasteiger partial charge in [-0.3, -0.25) is 4.79 Å². The van der Waals surface area contributed by atoms with E-state index in [4.69, 9.17) is 15.2 Å². The highest BCUT2D eigenvalue weighted by atomic mass is 35.5. The molecule has 27 heavy (non-hydrogen) atoms. The van der Waals surface area contributed by atoms with Crippen LogP contribution in [0.3, 0.4) is 0 Å². The van der Waals surface area contributed by atoms with E-state index < -0.39 is 24.0 Å². The molecule has 152 valence electrons. The molecule has 0 aromatic heterocycles. The maximum Gasteiger partial charge on any atom is 0.408 e. The predicted molar refractivity (Wildman–Crippen MR) is 95.8 cm³/mol. The van der Waals surface area contributed by atoms with Crippen molar-refractivity contribution >= 4 is 18.0 Å². The Labute approximate surface area is 166 Å². The fraction of sp³-hybridized carbons (Fsp3) is 0.500. The number of nitrogens with one attached hydrogen (secondary N) is 1. The number of hydrogen-bond acceptors (Lipinski definition) is 5. The molecule has 0 heterocycles. The highest BCUT2D eigenvalue weighted by molar-refractivity contribution is 5.82. The minimum atomic E-state index is -0.988. The summed E-state index contributed by atoms with van der Waals surface area (Å²) in [7, 11) is 5.91. The first-order valence-electron chi connectivity index (χ1n) is 8.40. The average molecular weight is 402 g/mol. The summed E-state index contributed by atoms with van der Waals surface area (Å²) in [5.41, 5.74) is 5.95. The number of nitrogens with zero attached hydrogens (tertiary/aromatic N) is 1. The largest absolute Gasteiger partial charge is 1.00 e. The zero-order valence-corrected chi connectivity index (χ0v) is 16.7. The summed E-state index contributed by atoms with van der Waals surface area (Å²) in [5, 5.41) is 2.44. The number of hydrogen-bond donors (Lipinski definition) is 2. The number of rotatable bonds is 10. The second-order valence-electron chi connectivity index (χ2n) is 6.95. The van der Waals surface area contributed by atoms with Gasteiger partial charge in [0.05, 0.1) is 21.1 Å². The average Bonchev–Trinajstić information content (AvgIpc) is 2.56. The fourth-order valence-electron chi connectivity index (χ4n) is 1.96. The third-order valence-electron chi connectivity index (χ3n) is 3.48. The molecule has 2 amide bonds. The molecule has 9 heteroatoms. The summed E-state index contributed by atoms with van der Waals surface area (Å²) >= 11 is 0. The third kappa shape index (κ3) is 11.8. The van der Waals surface area contributed by atoms with E-state index in [9.17, 15) is 14.4 Å². The molecule has 0 bridgehead atoms. The lowest BCUT2D eigenvalue weighted by molar-refractivity contribution is -0.870. The van der Waals surface area contributed by atoms with E-state index in [0.717, 1.165) is 5.56 Å². The monoisotopic (exact) mass is 401 g/mol. The van der Waals surface area contributed by atoms with Crippen molar-refractivity contribution in [3.8, 4) is 0 Å². The third-order valence-corrected chi connectivity index (χ3v) is 3.48. The number of benzene rings is 1. The molecule has 0 aliphatic carbocycles. The number of esters is 1. The van der Waals surface area contributed by atoms with Crippen LogP contribution in [0.5, 0.6) is 0 Å². The fourth-order valence-corrected chi connectivity index (χ4v) is 1.96. The van der Waals surface area contributed by atoms with Gasteiger partial charge in [-0.25, -0.2) is 9.59 Å². The Hall–Kier alpha value is -2.32. The van der Waals surface area contributed by atoms with Gasteiger partial charge in [0.25, 0.3) is 0 Å². The van der Waals surface area contributed by atoms with Crippen molar-refractivity contribution in [1.82, 2.24) is 5.32 Å². The molecule has 1 aromatic carbocycles. The van der Waals surface area contributed by atoms with Gasteiger partial charge in [-0.1, -0.05) is 30.3 Å². The number of amides is 2. The molecule has 0 saturated carbocycles. The molecule has 1 aromatic rings. The zero-order chi connectivity index (χ0) is 19.6. The van der Waals surface area contributed by atoms with Gasteiger partial charge < -0.3 is 37.4 Å². The number of primary amides is 1. The summed E-state index contributed by atoms with van der Waals surface area (Å²) in [5.74, 6) is -1.18. The highest BCUT2D eigenvalue weighted by Gasteiger charge is 2.24. The van der Waals surface area contributed by atoms with Gasteiger partial charge in [0.2, 0.25) is 5.91 Å². The molecular weight excluding hydrogens is 374 g/mol. The number of carbonyl (C=O) groups is 3. The second-order valence-corrected chi connectivity index (χ2v) is 6.95. The molecule has 0 saturated heterocycles. The highest BCUT2D eigenvalue weighted by Crippen LogP contribution is 2.04. The molecule has 3 N–H and O–H groups in total. The smallest absolute Gasteiger partial charge is 0.408 e. The Bertz CT molecular complexity index is 605. The zero-order valence-electron chi connectivity index (χ0n) is 15.9. The summed E-state index contributed by atoms with van der Waals surface area (Å²) in [6, 6.07) is 8.16. The number of nitrogens with two attached hydrogens (primary N) is 1. The quantitative estimate of drug-likeness (QED) is 0.342. The van der Waals surface area contributed by atoms with Crippen LogP contribution in [0, 0.1) is 0 Å². The van der Waals surface area contributed by atoms with Crippen molar-refractivity contribution in [1.29, 1.82) is 0 Å². The van der Waals surface area contributed by atoms with Crippen LogP contribution in [0.15, 0.2) is 30.3 Å². The standard InChI is InChI=1S/C18H27N3O5.ClH/c1-21(2,3)11-12-25-17(23)15(9-10-16(19)22)20-18(24)26-13-14-7-5-4-6-8-14;/h4-8,15H,9-13H2,1-3H3,(H2-,19,20,22,24);1H/t15-;/m1./s1. The molecule has 0 aliphatic rings. The van der Waals surface area contributed by atoms with Crippen LogP contribution in [-0.4, -0.2) is 62.8 Å². The Balaban J connectivity index is 0.00000676. The van der Waals surface area contributed by atoms with Gasteiger partial charge in [0, 0.05) is 6.42 Å². The predicted octanol–water partition coefficient (Wildman–Crippen LogP) is -2.20. The number of halogens is 1. The van der Waals surface area contributed by atoms with E-state index in [1.807, 2.05) is 51.5 Å². The van der Waals surface area contributed by atoms with Gasteiger partial charge in [-0.15, -0.1) is 0 Å². The van der Waals surface area contributed by atoms with Gasteiger partial charge in [0.15, 0.2) is 0 Å². The lowest BCUT2D eigenvalue weighted by Crippen LogP contribution is -3.00. The van der Waals surface area contributed by atoms with Crippen LogP contribution in [0.25, 0.3) is 0 Å². The van der Waals surface area contributed by atoms with Crippen molar-refractivity contribution < 1.29 is 40.7 Å². The SMILES string of the molecule is C[N+](C)(C)CCOC(=O)[C@@H](CCC(N)=O)NC(=O)OCc1ccccc1.[Cl-]. The van der Waals surface area contributed by atoms with Crippen LogP contribution >= 0.6 is 0 Å². The molecule has 0 aliphatic heterocycles. The number of ether oxygens (including phenoxy) is 2. The first kappa shape index (κ1) is 24.7. The van der Waals surface area contributed by atoms with Crippen molar-refractivity contribution in [2.24, 2.45) is 5.73 Å². The molecular formula is C18H28ClN3O5. The number of quaternary nitrogens is 1. The summed E-state index contributed by atoms with van der Waals surface area (Å²) in [4.78, 5) is 35.1. The van der Waals surface area contributed by atoms with Crippen LogP contribution in [0.2, 0.25) is 0 Å². The first-order chi connectivity index (χ1) is 12.2. The van der Waals surface area contributed by atoms with E-state index in [2.05, 4.69) is 5.32 Å². The normalized spacial score (nSPS) is 11.7. The number of alkyl carbamates (subject to hydrolysis) is 1. The van der Waals surface area contributed by atoms with Gasteiger partial charge in [-0.05, 0) is 12.0 Å². The number of carbonyl (C=O) groups excluding carboxylic acids is 3. The lowest BCUT2D eigenvalue weighted by Gasteiger charge is -2.24. The van der Waals surface area contributed by atoms with E-state index >= 15 is 0 Å². The maximum absolute atomic E-state index is 12.2. The van der Waals surface area contributed by atoms with Crippen LogP contribution in [-0.2, 0) is 25.7 Å². The van der Waals surface area contributed by atoms with E-state index in [-0.39, 0.29) is 38.5 Å². The van der Waals surface area contributed by atoms with E-state index in [1.54, 1.807) is 0 Å². The minimum absolute atomic E-state index is 0. The maximum atomic E-state index is 12.2. The van der Waals surface area contributed by atoms with Gasteiger partial charge >= 0.3 is 12.1 Å². The molecule has 8 nitrogen and oxygen atoms in total. The molecule has 0 unspecified atom stereocenters. The van der Waals surface area contributed by atoms with E-state index in [1.165, 1.54) is 0 Å². The molecule has 0 fully saturated rings. The summed E-state index contributed by atoms with van der Waals surface area (Å²) in [6.07, 6.45) is -0.751. The first-order valence-corrected chi connectivity index (χ1v) is 8.40. The topological polar surface area (TPSA) is 108 Å².